The summed E-state index contributed by atoms with van der Waals surface area (Å²) in [5.41, 5.74) is 0.244. The summed E-state index contributed by atoms with van der Waals surface area (Å²) >= 11 is 0. The first-order valence-corrected chi connectivity index (χ1v) is 8.34. The Hall–Kier alpha value is -3.43. The minimum atomic E-state index is -4.58. The highest BCUT2D eigenvalue weighted by atomic mass is 19.4. The summed E-state index contributed by atoms with van der Waals surface area (Å²) in [5.74, 6) is -0.730. The van der Waals surface area contributed by atoms with Crippen molar-refractivity contribution in [1.29, 1.82) is 0 Å². The second-order valence-electron chi connectivity index (χ2n) is 6.14. The first kappa shape index (κ1) is 18.0. The molecule has 1 aliphatic rings. The molecule has 1 atom stereocenters. The molecular weight excluding hydrogens is 375 g/mol. The predicted molar refractivity (Wildman–Crippen MR) is 92.9 cm³/mol. The first-order valence-electron chi connectivity index (χ1n) is 8.34. The molecule has 0 spiro atoms. The van der Waals surface area contributed by atoms with Crippen LogP contribution < -0.4 is 0 Å². The van der Waals surface area contributed by atoms with Gasteiger partial charge in [-0.15, -0.1) is 10.2 Å². The van der Waals surface area contributed by atoms with Crippen molar-refractivity contribution in [1.82, 2.24) is 20.0 Å². The number of carbonyl (C=O) groups is 1. The Bertz CT molecular complexity index is 1080. The zero-order valence-corrected chi connectivity index (χ0v) is 14.6. The molecule has 0 saturated heterocycles. The van der Waals surface area contributed by atoms with Crippen LogP contribution in [-0.2, 0) is 22.3 Å². The third-order valence-corrected chi connectivity index (χ3v) is 4.25. The van der Waals surface area contributed by atoms with Gasteiger partial charge >= 0.3 is 6.18 Å². The average Bonchev–Trinajstić information content (AvgIpc) is 3.26. The molecule has 4 rings (SSSR count). The van der Waals surface area contributed by atoms with Gasteiger partial charge in [0.15, 0.2) is 0 Å². The number of alkyl halides is 3. The monoisotopic (exact) mass is 389 g/mol. The minimum Gasteiger partial charge on any atom is -0.448 e. The fourth-order valence-corrected chi connectivity index (χ4v) is 2.99. The van der Waals surface area contributed by atoms with Crippen molar-refractivity contribution in [3.63, 3.8) is 0 Å². The quantitative estimate of drug-likeness (QED) is 0.690. The largest absolute Gasteiger partial charge is 0.448 e. The number of hydrogen-bond acceptors (Lipinski definition) is 5. The fraction of sp³-hybridized carbons (Fsp3) is 0.222. The van der Waals surface area contributed by atoms with Crippen molar-refractivity contribution in [2.24, 2.45) is 5.10 Å². The van der Waals surface area contributed by atoms with E-state index >= 15 is 0 Å². The summed E-state index contributed by atoms with van der Waals surface area (Å²) in [6.07, 6.45) is -5.53. The summed E-state index contributed by atoms with van der Waals surface area (Å²) in [7, 11) is 0. The van der Waals surface area contributed by atoms with Crippen molar-refractivity contribution in [3.8, 4) is 0 Å². The van der Waals surface area contributed by atoms with Crippen molar-refractivity contribution >= 4 is 22.8 Å². The van der Waals surface area contributed by atoms with Gasteiger partial charge in [-0.2, -0.15) is 18.2 Å². The van der Waals surface area contributed by atoms with Gasteiger partial charge in [0.25, 0.3) is 0 Å². The summed E-state index contributed by atoms with van der Waals surface area (Å²) < 4.78 is 47.1. The normalized spacial score (nSPS) is 16.9. The molecule has 144 valence electrons. The van der Waals surface area contributed by atoms with Gasteiger partial charge in [0.2, 0.25) is 18.0 Å². The Labute approximate surface area is 157 Å². The Morgan fingerprint density at radius 2 is 1.86 bits per heavy atom. The molecule has 1 amide bonds. The number of para-hydroxylation sites is 1. The van der Waals surface area contributed by atoms with E-state index in [2.05, 4.69) is 15.4 Å². The number of fused-ring (bicyclic) bond motifs is 1. The van der Waals surface area contributed by atoms with Crippen LogP contribution >= 0.6 is 0 Å². The Balaban J connectivity index is 1.67. The van der Waals surface area contributed by atoms with Gasteiger partial charge < -0.3 is 4.74 Å². The zero-order valence-electron chi connectivity index (χ0n) is 14.6. The second kappa shape index (κ2) is 6.63. The standard InChI is InChI=1S/C18H14F3N5O2/c1-11(27)26-16(10-25-15-9-5-4-8-14(15)22-24-25)28-17(23-26)12-6-2-3-7-13(12)18(19,20)21/h2-9,16H,10H2,1H3/t16-/m1/s1. The number of ether oxygens (including phenoxy) is 1. The third kappa shape index (κ3) is 3.17. The van der Waals surface area contributed by atoms with E-state index < -0.39 is 23.9 Å². The number of hydrogen-bond donors (Lipinski definition) is 0. The van der Waals surface area contributed by atoms with Crippen LogP contribution in [0.1, 0.15) is 18.1 Å². The molecule has 1 aromatic heterocycles. The predicted octanol–water partition coefficient (Wildman–Crippen LogP) is 3.02. The summed E-state index contributed by atoms with van der Waals surface area (Å²) in [4.78, 5) is 12.0. The van der Waals surface area contributed by atoms with Crippen LogP contribution in [0.5, 0.6) is 0 Å². The van der Waals surface area contributed by atoms with Crippen LogP contribution in [0.25, 0.3) is 11.0 Å². The van der Waals surface area contributed by atoms with Crippen LogP contribution in [0.2, 0.25) is 0 Å². The number of amides is 1. The average molecular weight is 389 g/mol. The molecule has 0 N–H and O–H groups in total. The van der Waals surface area contributed by atoms with Gasteiger partial charge in [-0.1, -0.05) is 29.5 Å². The third-order valence-electron chi connectivity index (χ3n) is 4.25. The number of nitrogens with zero attached hydrogens (tertiary/aromatic N) is 5. The van der Waals surface area contributed by atoms with Crippen LogP contribution in [0.3, 0.4) is 0 Å². The second-order valence-corrected chi connectivity index (χ2v) is 6.14. The number of carbonyl (C=O) groups excluding carboxylic acids is 1. The lowest BCUT2D eigenvalue weighted by molar-refractivity contribution is -0.138. The topological polar surface area (TPSA) is 72.6 Å². The summed E-state index contributed by atoms with van der Waals surface area (Å²) in [5, 5.41) is 13.1. The smallest absolute Gasteiger partial charge is 0.417 e. The van der Waals surface area contributed by atoms with E-state index in [0.29, 0.717) is 11.0 Å². The van der Waals surface area contributed by atoms with E-state index in [1.165, 1.54) is 29.8 Å². The van der Waals surface area contributed by atoms with Crippen molar-refractivity contribution < 1.29 is 22.7 Å². The van der Waals surface area contributed by atoms with Crippen molar-refractivity contribution in [3.05, 3.63) is 59.7 Å². The van der Waals surface area contributed by atoms with Crippen molar-refractivity contribution in [2.75, 3.05) is 0 Å². The molecule has 0 aliphatic carbocycles. The minimum absolute atomic E-state index is 0.0568. The van der Waals surface area contributed by atoms with Gasteiger partial charge in [-0.3, -0.25) is 4.79 Å². The SMILES string of the molecule is CC(=O)N1N=C(c2ccccc2C(F)(F)F)O[C@@H]1Cn1nnc2ccccc21. The van der Waals surface area contributed by atoms with E-state index in [-0.39, 0.29) is 18.0 Å². The van der Waals surface area contributed by atoms with Gasteiger partial charge in [-0.25, -0.2) is 4.68 Å². The van der Waals surface area contributed by atoms with Gasteiger partial charge in [0.1, 0.15) is 12.1 Å². The molecule has 28 heavy (non-hydrogen) atoms. The molecule has 0 unspecified atom stereocenters. The van der Waals surface area contributed by atoms with Gasteiger partial charge in [-0.05, 0) is 24.3 Å². The van der Waals surface area contributed by atoms with E-state index in [1.807, 2.05) is 12.1 Å². The van der Waals surface area contributed by atoms with Gasteiger partial charge in [0.05, 0.1) is 16.6 Å². The number of benzene rings is 2. The number of aromatic nitrogens is 3. The molecule has 2 heterocycles. The summed E-state index contributed by atoms with van der Waals surface area (Å²) in [6.45, 7) is 1.32. The number of halogens is 3. The van der Waals surface area contributed by atoms with Crippen LogP contribution in [0.4, 0.5) is 13.2 Å². The van der Waals surface area contributed by atoms with E-state index in [4.69, 9.17) is 4.74 Å². The van der Waals surface area contributed by atoms with Crippen LogP contribution in [0, 0.1) is 0 Å². The molecule has 7 nitrogen and oxygen atoms in total. The highest BCUT2D eigenvalue weighted by Gasteiger charge is 2.39. The molecule has 1 aliphatic heterocycles. The van der Waals surface area contributed by atoms with Crippen LogP contribution in [0.15, 0.2) is 53.6 Å². The van der Waals surface area contributed by atoms with Crippen molar-refractivity contribution in [2.45, 2.75) is 25.9 Å². The van der Waals surface area contributed by atoms with E-state index in [1.54, 1.807) is 12.1 Å². The van der Waals surface area contributed by atoms with Gasteiger partial charge in [0, 0.05) is 6.92 Å². The molecule has 2 aromatic carbocycles. The van der Waals surface area contributed by atoms with Crippen LogP contribution in [-0.4, -0.2) is 38.0 Å². The molecule has 10 heteroatoms. The number of hydrazone groups is 1. The molecule has 0 fully saturated rings. The molecular formula is C18H14F3N5O2. The van der Waals surface area contributed by atoms with E-state index in [9.17, 15) is 18.0 Å². The fourth-order valence-electron chi connectivity index (χ4n) is 2.99. The Morgan fingerprint density at radius 3 is 2.61 bits per heavy atom. The first-order chi connectivity index (χ1) is 13.3. The lowest BCUT2D eigenvalue weighted by atomic mass is 10.1. The lowest BCUT2D eigenvalue weighted by Gasteiger charge is -2.19. The highest BCUT2D eigenvalue weighted by Crippen LogP contribution is 2.33. The molecule has 3 aromatic rings. The van der Waals surface area contributed by atoms with E-state index in [0.717, 1.165) is 11.1 Å². The maximum atomic E-state index is 13.3. The maximum Gasteiger partial charge on any atom is 0.417 e. The Kier molecular flexibility index (Phi) is 4.25. The Morgan fingerprint density at radius 1 is 1.14 bits per heavy atom. The lowest BCUT2D eigenvalue weighted by Crippen LogP contribution is -2.36. The molecule has 0 bridgehead atoms. The maximum absolute atomic E-state index is 13.3. The summed E-state index contributed by atoms with van der Waals surface area (Å²) in [6, 6.07) is 12.1. The highest BCUT2D eigenvalue weighted by molar-refractivity contribution is 5.97. The molecule has 0 saturated carbocycles. The zero-order chi connectivity index (χ0) is 19.9. The number of rotatable bonds is 3. The molecule has 0 radical (unpaired) electrons.